The monoisotopic (exact) mass is 259 g/mol. The van der Waals surface area contributed by atoms with Crippen molar-refractivity contribution >= 4 is 5.91 Å². The van der Waals surface area contributed by atoms with Gasteiger partial charge in [0.15, 0.2) is 5.60 Å². The highest BCUT2D eigenvalue weighted by Crippen LogP contribution is 2.20. The molecule has 0 spiro atoms. The number of hydrogen-bond acceptors (Lipinski definition) is 3. The van der Waals surface area contributed by atoms with E-state index < -0.39 is 17.6 Å². The van der Waals surface area contributed by atoms with Crippen LogP contribution in [0.4, 0.5) is 0 Å². The van der Waals surface area contributed by atoms with Crippen LogP contribution < -0.4 is 5.73 Å². The van der Waals surface area contributed by atoms with Crippen LogP contribution in [0.25, 0.3) is 0 Å². The second-order valence-corrected chi connectivity index (χ2v) is 5.07. The minimum Gasteiger partial charge on any atom is -0.390 e. The Morgan fingerprint density at radius 2 is 1.61 bits per heavy atom. The molecule has 2 unspecified atom stereocenters. The van der Waals surface area contributed by atoms with Crippen LogP contribution in [0.2, 0.25) is 0 Å². The number of carbonyl (C=O) groups excluding carboxylic acids is 1. The van der Waals surface area contributed by atoms with E-state index in [1.54, 1.807) is 6.92 Å². The van der Waals surface area contributed by atoms with E-state index in [0.717, 1.165) is 19.3 Å². The summed E-state index contributed by atoms with van der Waals surface area (Å²) in [6.07, 6.45) is 7.53. The lowest BCUT2D eigenvalue weighted by atomic mass is 9.89. The zero-order valence-electron chi connectivity index (χ0n) is 11.8. The SMILES string of the molecule is CCCCCCCCCC(O)C(O)(CC)C(N)=O. The molecule has 0 aliphatic rings. The van der Waals surface area contributed by atoms with Gasteiger partial charge >= 0.3 is 0 Å². The molecule has 4 nitrogen and oxygen atoms in total. The maximum Gasteiger partial charge on any atom is 0.252 e. The lowest BCUT2D eigenvalue weighted by Gasteiger charge is -2.28. The Hall–Kier alpha value is -0.610. The van der Waals surface area contributed by atoms with Crippen LogP contribution in [-0.2, 0) is 4.79 Å². The van der Waals surface area contributed by atoms with Gasteiger partial charge in [-0.15, -0.1) is 0 Å². The highest BCUT2D eigenvalue weighted by molar-refractivity contribution is 5.83. The lowest BCUT2D eigenvalue weighted by Crippen LogP contribution is -2.52. The second kappa shape index (κ2) is 9.34. The van der Waals surface area contributed by atoms with E-state index in [1.165, 1.54) is 25.7 Å². The summed E-state index contributed by atoms with van der Waals surface area (Å²) in [5, 5.41) is 19.7. The molecule has 0 aromatic rings. The van der Waals surface area contributed by atoms with Crippen LogP contribution in [0.5, 0.6) is 0 Å². The molecular weight excluding hydrogens is 230 g/mol. The van der Waals surface area contributed by atoms with Crippen molar-refractivity contribution in [2.75, 3.05) is 0 Å². The largest absolute Gasteiger partial charge is 0.390 e. The van der Waals surface area contributed by atoms with Gasteiger partial charge in [-0.2, -0.15) is 0 Å². The van der Waals surface area contributed by atoms with Crippen LogP contribution in [-0.4, -0.2) is 27.8 Å². The van der Waals surface area contributed by atoms with E-state index in [4.69, 9.17) is 5.73 Å². The van der Waals surface area contributed by atoms with Gasteiger partial charge in [0.1, 0.15) is 0 Å². The third-order valence-electron chi connectivity index (χ3n) is 3.60. The van der Waals surface area contributed by atoms with Crippen molar-refractivity contribution in [3.63, 3.8) is 0 Å². The zero-order valence-corrected chi connectivity index (χ0v) is 11.8. The first-order chi connectivity index (χ1) is 8.49. The number of aliphatic hydroxyl groups excluding tert-OH is 1. The molecule has 0 radical (unpaired) electrons. The van der Waals surface area contributed by atoms with E-state index in [2.05, 4.69) is 6.92 Å². The summed E-state index contributed by atoms with van der Waals surface area (Å²) < 4.78 is 0. The van der Waals surface area contributed by atoms with Crippen molar-refractivity contribution in [2.24, 2.45) is 5.73 Å². The maximum atomic E-state index is 11.1. The quantitative estimate of drug-likeness (QED) is 0.497. The van der Waals surface area contributed by atoms with Crippen LogP contribution in [0.3, 0.4) is 0 Å². The van der Waals surface area contributed by atoms with Gasteiger partial charge in [-0.1, -0.05) is 58.8 Å². The number of nitrogens with two attached hydrogens (primary N) is 1. The average Bonchev–Trinajstić information content (AvgIpc) is 2.36. The summed E-state index contributed by atoms with van der Waals surface area (Å²) in [5.41, 5.74) is 3.36. The molecule has 0 heterocycles. The van der Waals surface area contributed by atoms with Crippen molar-refractivity contribution in [3.8, 4) is 0 Å². The van der Waals surface area contributed by atoms with Gasteiger partial charge in [0.2, 0.25) is 0 Å². The average molecular weight is 259 g/mol. The number of hydrogen-bond donors (Lipinski definition) is 3. The molecule has 2 atom stereocenters. The number of unbranched alkanes of at least 4 members (excludes halogenated alkanes) is 6. The molecule has 0 aliphatic carbocycles. The standard InChI is InChI=1S/C14H29NO3/c1-3-5-6-7-8-9-10-11-12(16)14(18,4-2)13(15)17/h12,16,18H,3-11H2,1-2H3,(H2,15,17). The summed E-state index contributed by atoms with van der Waals surface area (Å²) in [5.74, 6) is -0.833. The van der Waals surface area contributed by atoms with E-state index >= 15 is 0 Å². The van der Waals surface area contributed by atoms with Crippen molar-refractivity contribution in [3.05, 3.63) is 0 Å². The van der Waals surface area contributed by atoms with Gasteiger partial charge in [0, 0.05) is 0 Å². The van der Waals surface area contributed by atoms with E-state index in [1.807, 2.05) is 0 Å². The van der Waals surface area contributed by atoms with Crippen LogP contribution in [0, 0.1) is 0 Å². The Kier molecular flexibility index (Phi) is 9.02. The Morgan fingerprint density at radius 1 is 1.11 bits per heavy atom. The lowest BCUT2D eigenvalue weighted by molar-refractivity contribution is -0.150. The molecule has 4 N–H and O–H groups in total. The molecule has 1 amide bonds. The van der Waals surface area contributed by atoms with Crippen LogP contribution in [0.15, 0.2) is 0 Å². The van der Waals surface area contributed by atoms with E-state index in [9.17, 15) is 15.0 Å². The highest BCUT2D eigenvalue weighted by atomic mass is 16.4. The van der Waals surface area contributed by atoms with Gasteiger partial charge in [-0.25, -0.2) is 0 Å². The summed E-state index contributed by atoms with van der Waals surface area (Å²) in [6.45, 7) is 3.84. The molecule has 0 rings (SSSR count). The Bertz CT molecular complexity index is 233. The molecule has 0 saturated carbocycles. The molecule has 0 aromatic carbocycles. The first kappa shape index (κ1) is 17.4. The molecule has 108 valence electrons. The molecule has 4 heteroatoms. The minimum atomic E-state index is -1.76. The minimum absolute atomic E-state index is 0.153. The van der Waals surface area contributed by atoms with Gasteiger partial charge in [-0.3, -0.25) is 4.79 Å². The van der Waals surface area contributed by atoms with Gasteiger partial charge in [0.05, 0.1) is 6.10 Å². The topological polar surface area (TPSA) is 83.6 Å². The summed E-state index contributed by atoms with van der Waals surface area (Å²) in [4.78, 5) is 11.1. The Morgan fingerprint density at radius 3 is 2.06 bits per heavy atom. The highest BCUT2D eigenvalue weighted by Gasteiger charge is 2.39. The number of rotatable bonds is 11. The fraction of sp³-hybridized carbons (Fsp3) is 0.929. The molecule has 18 heavy (non-hydrogen) atoms. The van der Waals surface area contributed by atoms with E-state index in [-0.39, 0.29) is 6.42 Å². The van der Waals surface area contributed by atoms with Crippen molar-refractivity contribution in [2.45, 2.75) is 83.3 Å². The number of carbonyl (C=O) groups is 1. The first-order valence-corrected chi connectivity index (χ1v) is 7.19. The Labute approximate surface area is 111 Å². The second-order valence-electron chi connectivity index (χ2n) is 5.07. The third-order valence-corrected chi connectivity index (χ3v) is 3.60. The summed E-state index contributed by atoms with van der Waals surface area (Å²) in [7, 11) is 0. The van der Waals surface area contributed by atoms with Crippen molar-refractivity contribution < 1.29 is 15.0 Å². The number of amides is 1. The van der Waals surface area contributed by atoms with Crippen molar-refractivity contribution in [1.82, 2.24) is 0 Å². The third kappa shape index (κ3) is 5.83. The van der Waals surface area contributed by atoms with E-state index in [0.29, 0.717) is 6.42 Å². The zero-order chi connectivity index (χ0) is 14.0. The molecule has 0 aliphatic heterocycles. The summed E-state index contributed by atoms with van der Waals surface area (Å²) >= 11 is 0. The molecule has 0 aromatic heterocycles. The Balaban J connectivity index is 3.76. The molecule has 0 bridgehead atoms. The molecular formula is C14H29NO3. The molecule has 0 fully saturated rings. The smallest absolute Gasteiger partial charge is 0.252 e. The van der Waals surface area contributed by atoms with Crippen LogP contribution in [0.1, 0.15) is 71.6 Å². The van der Waals surface area contributed by atoms with Crippen LogP contribution >= 0.6 is 0 Å². The van der Waals surface area contributed by atoms with Gasteiger partial charge in [0.25, 0.3) is 5.91 Å². The van der Waals surface area contributed by atoms with Crippen molar-refractivity contribution in [1.29, 1.82) is 0 Å². The predicted octanol–water partition coefficient (Wildman–Crippen LogP) is 2.11. The normalized spacial score (nSPS) is 16.2. The summed E-state index contributed by atoms with van der Waals surface area (Å²) in [6, 6.07) is 0. The van der Waals surface area contributed by atoms with Gasteiger partial charge in [-0.05, 0) is 12.8 Å². The maximum absolute atomic E-state index is 11.1. The predicted molar refractivity (Wildman–Crippen MR) is 73.1 cm³/mol. The number of primary amides is 1. The fourth-order valence-corrected chi connectivity index (χ4v) is 2.11. The number of aliphatic hydroxyl groups is 2. The van der Waals surface area contributed by atoms with Gasteiger partial charge < -0.3 is 15.9 Å². The molecule has 0 saturated heterocycles. The fourth-order valence-electron chi connectivity index (χ4n) is 2.11. The first-order valence-electron chi connectivity index (χ1n) is 7.19.